The summed E-state index contributed by atoms with van der Waals surface area (Å²) >= 11 is 0. The first-order chi connectivity index (χ1) is 8.53. The molecule has 1 aliphatic rings. The third-order valence-electron chi connectivity index (χ3n) is 3.19. The van der Waals surface area contributed by atoms with Crippen LogP contribution in [0.5, 0.6) is 0 Å². The van der Waals surface area contributed by atoms with Crippen LogP contribution in [0.25, 0.3) is 0 Å². The van der Waals surface area contributed by atoms with Crippen LogP contribution in [-0.2, 0) is 9.47 Å². The normalized spacial score (nSPS) is 22.2. The number of rotatable bonds is 6. The minimum absolute atomic E-state index is 0.00118. The maximum Gasteiger partial charge on any atom is 0.412 e. The minimum atomic E-state index is -0.622. The van der Waals surface area contributed by atoms with E-state index in [2.05, 4.69) is 6.92 Å². The van der Waals surface area contributed by atoms with Crippen LogP contribution in [0.1, 0.15) is 46.5 Å². The summed E-state index contributed by atoms with van der Waals surface area (Å²) in [5.74, 6) is 0. The van der Waals surface area contributed by atoms with E-state index in [-0.39, 0.29) is 18.7 Å². The maximum absolute atomic E-state index is 12.1. The van der Waals surface area contributed by atoms with Crippen molar-refractivity contribution >= 4 is 6.09 Å². The average Bonchev–Trinajstić information content (AvgIpc) is 2.62. The van der Waals surface area contributed by atoms with Gasteiger partial charge in [0.25, 0.3) is 0 Å². The molecule has 0 aromatic rings. The van der Waals surface area contributed by atoms with Crippen LogP contribution in [0.4, 0.5) is 4.79 Å². The van der Waals surface area contributed by atoms with E-state index in [1.165, 1.54) is 0 Å². The Labute approximate surface area is 109 Å². The highest BCUT2D eigenvalue weighted by molar-refractivity contribution is 5.69. The van der Waals surface area contributed by atoms with Crippen LogP contribution < -0.4 is 0 Å². The van der Waals surface area contributed by atoms with Crippen LogP contribution in [0.2, 0.25) is 0 Å². The quantitative estimate of drug-likeness (QED) is 0.742. The van der Waals surface area contributed by atoms with Gasteiger partial charge in [0.05, 0.1) is 19.3 Å². The van der Waals surface area contributed by atoms with Crippen molar-refractivity contribution in [3.8, 4) is 0 Å². The van der Waals surface area contributed by atoms with E-state index in [0.717, 1.165) is 19.3 Å². The number of hydrogen-bond acceptors (Lipinski definition) is 4. The van der Waals surface area contributed by atoms with E-state index < -0.39 is 5.72 Å². The molecule has 1 heterocycles. The van der Waals surface area contributed by atoms with E-state index in [9.17, 15) is 4.79 Å². The number of aliphatic hydroxyl groups excluding tert-OH is 1. The molecule has 1 unspecified atom stereocenters. The molecule has 0 spiro atoms. The standard InChI is InChI=1S/C13H25NO4/c1-4-5-9-17-12(16)14-11(7-6-8-15)10-18-13(14,2)3/h11,15H,4-10H2,1-3H3. The van der Waals surface area contributed by atoms with Crippen LogP contribution in [0, 0.1) is 0 Å². The Balaban J connectivity index is 2.57. The smallest absolute Gasteiger partial charge is 0.412 e. The lowest BCUT2D eigenvalue weighted by Crippen LogP contribution is -2.48. The molecule has 1 atom stereocenters. The fraction of sp³-hybridized carbons (Fsp3) is 0.923. The average molecular weight is 259 g/mol. The number of hydrogen-bond donors (Lipinski definition) is 1. The molecule has 1 rings (SSSR count). The molecule has 0 radical (unpaired) electrons. The molecule has 0 bridgehead atoms. The van der Waals surface area contributed by atoms with Crippen molar-refractivity contribution < 1.29 is 19.4 Å². The van der Waals surface area contributed by atoms with Gasteiger partial charge in [0.2, 0.25) is 0 Å². The van der Waals surface area contributed by atoms with E-state index >= 15 is 0 Å². The first-order valence-corrected chi connectivity index (χ1v) is 6.73. The number of carbonyl (C=O) groups excluding carboxylic acids is 1. The number of aliphatic hydroxyl groups is 1. The summed E-state index contributed by atoms with van der Waals surface area (Å²) in [6, 6.07) is 0.00118. The van der Waals surface area contributed by atoms with Crippen LogP contribution in [0.15, 0.2) is 0 Å². The molecular formula is C13H25NO4. The number of carbonyl (C=O) groups is 1. The third kappa shape index (κ3) is 3.85. The molecule has 0 aromatic heterocycles. The van der Waals surface area contributed by atoms with Gasteiger partial charge < -0.3 is 14.6 Å². The molecule has 0 saturated carbocycles. The zero-order chi connectivity index (χ0) is 13.6. The second kappa shape index (κ2) is 6.95. The van der Waals surface area contributed by atoms with E-state index in [0.29, 0.717) is 19.6 Å². The molecule has 0 aromatic carbocycles. The Morgan fingerprint density at radius 3 is 2.83 bits per heavy atom. The first kappa shape index (κ1) is 15.2. The molecule has 1 N–H and O–H groups in total. The Bertz CT molecular complexity index is 268. The molecule has 5 nitrogen and oxygen atoms in total. The molecule has 1 fully saturated rings. The lowest BCUT2D eigenvalue weighted by molar-refractivity contribution is -0.0484. The Kier molecular flexibility index (Phi) is 5.88. The lowest BCUT2D eigenvalue weighted by atomic mass is 10.1. The highest BCUT2D eigenvalue weighted by Gasteiger charge is 2.44. The largest absolute Gasteiger partial charge is 0.449 e. The van der Waals surface area contributed by atoms with E-state index in [1.807, 2.05) is 13.8 Å². The van der Waals surface area contributed by atoms with Gasteiger partial charge in [0.1, 0.15) is 5.72 Å². The summed E-state index contributed by atoms with van der Waals surface area (Å²) in [5, 5.41) is 8.88. The molecule has 1 amide bonds. The molecular weight excluding hydrogens is 234 g/mol. The Morgan fingerprint density at radius 2 is 2.22 bits per heavy atom. The summed E-state index contributed by atoms with van der Waals surface area (Å²) in [6.07, 6.45) is 2.98. The number of nitrogens with zero attached hydrogens (tertiary/aromatic N) is 1. The molecule has 5 heteroatoms. The summed E-state index contributed by atoms with van der Waals surface area (Å²) in [6.45, 7) is 6.89. The predicted molar refractivity (Wildman–Crippen MR) is 68.2 cm³/mol. The van der Waals surface area contributed by atoms with Gasteiger partial charge in [-0.1, -0.05) is 13.3 Å². The second-order valence-corrected chi connectivity index (χ2v) is 5.12. The van der Waals surface area contributed by atoms with Gasteiger partial charge in [-0.25, -0.2) is 4.79 Å². The molecule has 106 valence electrons. The monoisotopic (exact) mass is 259 g/mol. The van der Waals surface area contributed by atoms with Crippen molar-refractivity contribution in [3.05, 3.63) is 0 Å². The van der Waals surface area contributed by atoms with Crippen LogP contribution >= 0.6 is 0 Å². The zero-order valence-electron chi connectivity index (χ0n) is 11.6. The highest BCUT2D eigenvalue weighted by atomic mass is 16.6. The van der Waals surface area contributed by atoms with Gasteiger partial charge in [0.15, 0.2) is 0 Å². The summed E-state index contributed by atoms with van der Waals surface area (Å²) in [7, 11) is 0. The fourth-order valence-electron chi connectivity index (χ4n) is 2.17. The van der Waals surface area contributed by atoms with E-state index in [1.54, 1.807) is 4.90 Å². The van der Waals surface area contributed by atoms with Gasteiger partial charge in [-0.3, -0.25) is 4.90 Å². The minimum Gasteiger partial charge on any atom is -0.449 e. The van der Waals surface area contributed by atoms with Gasteiger partial charge in [-0.05, 0) is 33.1 Å². The van der Waals surface area contributed by atoms with Crippen molar-refractivity contribution in [3.63, 3.8) is 0 Å². The number of unbranched alkanes of at least 4 members (excludes halogenated alkanes) is 1. The summed E-state index contributed by atoms with van der Waals surface area (Å²) in [4.78, 5) is 13.7. The Hall–Kier alpha value is -0.810. The van der Waals surface area contributed by atoms with Crippen molar-refractivity contribution in [2.24, 2.45) is 0 Å². The Morgan fingerprint density at radius 1 is 1.50 bits per heavy atom. The first-order valence-electron chi connectivity index (χ1n) is 6.73. The summed E-state index contributed by atoms with van der Waals surface area (Å²) < 4.78 is 10.9. The lowest BCUT2D eigenvalue weighted by Gasteiger charge is -2.32. The van der Waals surface area contributed by atoms with Gasteiger partial charge in [0, 0.05) is 6.61 Å². The van der Waals surface area contributed by atoms with Crippen molar-refractivity contribution in [1.29, 1.82) is 0 Å². The maximum atomic E-state index is 12.1. The van der Waals surface area contributed by atoms with Gasteiger partial charge >= 0.3 is 6.09 Å². The fourth-order valence-corrected chi connectivity index (χ4v) is 2.17. The number of ether oxygens (including phenoxy) is 2. The van der Waals surface area contributed by atoms with Crippen LogP contribution in [-0.4, -0.2) is 47.7 Å². The highest BCUT2D eigenvalue weighted by Crippen LogP contribution is 2.30. The SMILES string of the molecule is CCCCOC(=O)N1C(CCCO)COC1(C)C. The summed E-state index contributed by atoms with van der Waals surface area (Å²) in [5.41, 5.74) is -0.622. The molecule has 18 heavy (non-hydrogen) atoms. The van der Waals surface area contributed by atoms with Crippen LogP contribution in [0.3, 0.4) is 0 Å². The van der Waals surface area contributed by atoms with E-state index in [4.69, 9.17) is 14.6 Å². The predicted octanol–water partition coefficient (Wildman–Crippen LogP) is 2.13. The zero-order valence-corrected chi connectivity index (χ0v) is 11.6. The molecule has 0 aliphatic carbocycles. The third-order valence-corrected chi connectivity index (χ3v) is 3.19. The topological polar surface area (TPSA) is 59.0 Å². The molecule has 1 aliphatic heterocycles. The van der Waals surface area contributed by atoms with Gasteiger partial charge in [-0.15, -0.1) is 0 Å². The van der Waals surface area contributed by atoms with Crippen molar-refractivity contribution in [2.45, 2.75) is 58.2 Å². The van der Waals surface area contributed by atoms with Gasteiger partial charge in [-0.2, -0.15) is 0 Å². The van der Waals surface area contributed by atoms with Crippen molar-refractivity contribution in [1.82, 2.24) is 4.90 Å². The number of amides is 1. The molecule has 1 saturated heterocycles. The second-order valence-electron chi connectivity index (χ2n) is 5.12. The van der Waals surface area contributed by atoms with Crippen molar-refractivity contribution in [2.75, 3.05) is 19.8 Å².